The minimum Gasteiger partial charge on any atom is -0.444 e. The number of fused-ring (bicyclic) bond motifs is 1. The molecule has 2 unspecified atom stereocenters. The number of dihydropyridines is 1. The Bertz CT molecular complexity index is 1760. The van der Waals surface area contributed by atoms with Crippen molar-refractivity contribution in [2.45, 2.75) is 103 Å². The zero-order valence-corrected chi connectivity index (χ0v) is 32.0. The van der Waals surface area contributed by atoms with E-state index in [1.807, 2.05) is 24.3 Å². The normalized spacial score (nSPS) is 20.6. The molecular formula is C44H55ClFN3O3. The molecule has 0 bridgehead atoms. The number of hydrogen-bond donors (Lipinski definition) is 2. The Morgan fingerprint density at radius 3 is 2.56 bits per heavy atom. The van der Waals surface area contributed by atoms with Crippen LogP contribution in [0.2, 0.25) is 5.02 Å². The fourth-order valence-electron chi connectivity index (χ4n) is 7.69. The van der Waals surface area contributed by atoms with E-state index in [2.05, 4.69) is 66.7 Å². The van der Waals surface area contributed by atoms with Crippen molar-refractivity contribution < 1.29 is 18.7 Å². The van der Waals surface area contributed by atoms with Crippen molar-refractivity contribution in [3.8, 4) is 11.5 Å². The molecule has 2 N–H and O–H groups in total. The van der Waals surface area contributed by atoms with Crippen molar-refractivity contribution in [3.05, 3.63) is 112 Å². The Hall–Kier alpha value is -3.81. The summed E-state index contributed by atoms with van der Waals surface area (Å²) >= 11 is 5.97. The maximum absolute atomic E-state index is 14.8. The van der Waals surface area contributed by atoms with E-state index < -0.39 is 11.6 Å². The van der Waals surface area contributed by atoms with Gasteiger partial charge in [0.15, 0.2) is 17.3 Å². The van der Waals surface area contributed by atoms with E-state index in [4.69, 9.17) is 21.1 Å². The lowest BCUT2D eigenvalue weighted by Crippen LogP contribution is -2.40. The fourth-order valence-corrected chi connectivity index (χ4v) is 7.84. The molecule has 3 aliphatic heterocycles. The minimum absolute atomic E-state index is 0.224. The second kappa shape index (κ2) is 17.3. The number of allylic oxidation sites excluding steroid dienone is 3. The number of carbonyl (C=O) groups is 1. The second-order valence-electron chi connectivity index (χ2n) is 15.0. The third kappa shape index (κ3) is 9.21. The molecular weight excluding hydrogens is 673 g/mol. The molecule has 52 heavy (non-hydrogen) atoms. The number of carbonyl (C=O) groups excluding carboxylic acids is 1. The molecule has 4 aliphatic rings. The maximum atomic E-state index is 14.8. The molecule has 278 valence electrons. The van der Waals surface area contributed by atoms with Gasteiger partial charge < -0.3 is 25.0 Å². The van der Waals surface area contributed by atoms with Gasteiger partial charge in [-0.15, -0.1) is 0 Å². The lowest BCUT2D eigenvalue weighted by Gasteiger charge is -2.34. The molecule has 2 atom stereocenters. The topological polar surface area (TPSA) is 62.8 Å². The van der Waals surface area contributed by atoms with Crippen LogP contribution in [0, 0.1) is 18.7 Å². The Labute approximate surface area is 314 Å². The molecule has 1 aliphatic carbocycles. The van der Waals surface area contributed by atoms with Crippen LogP contribution < -0.4 is 20.1 Å². The lowest BCUT2D eigenvalue weighted by atomic mass is 9.80. The summed E-state index contributed by atoms with van der Waals surface area (Å²) in [4.78, 5) is 15.1. The number of anilines is 1. The minimum atomic E-state index is -1.24. The summed E-state index contributed by atoms with van der Waals surface area (Å²) in [6, 6.07) is 16.9. The number of unbranched alkanes of at least 4 members (excludes halogenated alkanes) is 2. The van der Waals surface area contributed by atoms with Crippen LogP contribution in [0.1, 0.15) is 112 Å². The van der Waals surface area contributed by atoms with Crippen LogP contribution >= 0.6 is 11.6 Å². The molecule has 3 heterocycles. The van der Waals surface area contributed by atoms with Crippen molar-refractivity contribution in [2.75, 3.05) is 31.5 Å². The largest absolute Gasteiger partial charge is 0.444 e. The molecule has 0 radical (unpaired) electrons. The molecule has 0 aromatic heterocycles. The van der Waals surface area contributed by atoms with Gasteiger partial charge in [0.2, 0.25) is 0 Å². The predicted molar refractivity (Wildman–Crippen MR) is 210 cm³/mol. The van der Waals surface area contributed by atoms with Crippen molar-refractivity contribution in [1.82, 2.24) is 10.2 Å². The first-order valence-electron chi connectivity index (χ1n) is 19.3. The van der Waals surface area contributed by atoms with Crippen molar-refractivity contribution in [2.24, 2.45) is 5.92 Å². The maximum Gasteiger partial charge on any atom is 0.278 e. The van der Waals surface area contributed by atoms with Gasteiger partial charge in [-0.05, 0) is 125 Å². The lowest BCUT2D eigenvalue weighted by molar-refractivity contribution is -0.0712. The quantitative estimate of drug-likeness (QED) is 0.143. The Kier molecular flexibility index (Phi) is 12.7. The van der Waals surface area contributed by atoms with Crippen molar-refractivity contribution in [3.63, 3.8) is 0 Å². The Morgan fingerprint density at radius 1 is 1.08 bits per heavy atom. The van der Waals surface area contributed by atoms with E-state index in [-0.39, 0.29) is 12.0 Å². The molecule has 8 heteroatoms. The van der Waals surface area contributed by atoms with E-state index in [0.717, 1.165) is 74.2 Å². The summed E-state index contributed by atoms with van der Waals surface area (Å²) in [6.45, 7) is 12.2. The third-order valence-corrected chi connectivity index (χ3v) is 11.1. The highest BCUT2D eigenvalue weighted by Gasteiger charge is 2.43. The summed E-state index contributed by atoms with van der Waals surface area (Å²) < 4.78 is 27.3. The van der Waals surface area contributed by atoms with E-state index in [1.165, 1.54) is 43.9 Å². The van der Waals surface area contributed by atoms with Gasteiger partial charge in [0.1, 0.15) is 5.82 Å². The van der Waals surface area contributed by atoms with E-state index in [1.54, 1.807) is 19.1 Å². The summed E-state index contributed by atoms with van der Waals surface area (Å²) in [7, 11) is 0. The average Bonchev–Trinajstić information content (AvgIpc) is 3.46. The van der Waals surface area contributed by atoms with E-state index >= 15 is 0 Å². The molecule has 6 nitrogen and oxygen atoms in total. The molecule has 7 rings (SSSR count). The number of piperidine rings is 1. The first-order chi connectivity index (χ1) is 25.1. The van der Waals surface area contributed by atoms with Gasteiger partial charge in [-0.3, -0.25) is 4.79 Å². The highest BCUT2D eigenvalue weighted by atomic mass is 35.5. The Morgan fingerprint density at radius 2 is 1.88 bits per heavy atom. The van der Waals surface area contributed by atoms with Crippen LogP contribution in [0.15, 0.2) is 78.5 Å². The summed E-state index contributed by atoms with van der Waals surface area (Å²) in [5, 5.41) is 7.35. The van der Waals surface area contributed by atoms with Crippen molar-refractivity contribution in [1.29, 1.82) is 0 Å². The molecule has 0 spiro atoms. The second-order valence-corrected chi connectivity index (χ2v) is 15.5. The number of benzene rings is 3. The number of hydrogen-bond acceptors (Lipinski definition) is 6. The first-order valence-corrected chi connectivity index (χ1v) is 19.7. The number of nitrogens with one attached hydrogen (secondary N) is 2. The number of halogens is 2. The number of ketones is 1. The number of nitrogens with zero attached hydrogens (tertiary/aromatic N) is 1. The zero-order chi connectivity index (χ0) is 36.7. The smallest absolute Gasteiger partial charge is 0.278 e. The highest BCUT2D eigenvalue weighted by Crippen LogP contribution is 2.50. The molecule has 2 fully saturated rings. The van der Waals surface area contributed by atoms with Crippen LogP contribution in [0.4, 0.5) is 10.1 Å². The van der Waals surface area contributed by atoms with Crippen LogP contribution in [-0.2, 0) is 5.79 Å². The summed E-state index contributed by atoms with van der Waals surface area (Å²) in [5.41, 5.74) is 5.91. The number of para-hydroxylation sites is 1. The van der Waals surface area contributed by atoms with Gasteiger partial charge in [0.05, 0.1) is 5.56 Å². The van der Waals surface area contributed by atoms with Gasteiger partial charge in [-0.25, -0.2) is 4.39 Å². The van der Waals surface area contributed by atoms with Crippen LogP contribution in [0.5, 0.6) is 11.5 Å². The summed E-state index contributed by atoms with van der Waals surface area (Å²) in [5.74, 6) is 0.539. The molecule has 0 amide bonds. The number of ether oxygens (including phenoxy) is 2. The first kappa shape index (κ1) is 37.9. The highest BCUT2D eigenvalue weighted by molar-refractivity contribution is 6.30. The Balaban J connectivity index is 0.000000362. The van der Waals surface area contributed by atoms with E-state index in [0.29, 0.717) is 33.8 Å². The fraction of sp³-hybridized carbons (Fsp3) is 0.477. The van der Waals surface area contributed by atoms with Gasteiger partial charge in [0.25, 0.3) is 5.79 Å². The van der Waals surface area contributed by atoms with Gasteiger partial charge >= 0.3 is 0 Å². The number of aryl methyl sites for hydroxylation is 1. The summed E-state index contributed by atoms with van der Waals surface area (Å²) in [6.07, 6.45) is 16.9. The zero-order valence-electron chi connectivity index (χ0n) is 31.3. The van der Waals surface area contributed by atoms with E-state index in [9.17, 15) is 9.18 Å². The SMILES string of the molecule is CCCCCC1=CC=CCN1.Cc1cc(C(=O)C2CCC2)ccc1NC(C)CN1CCC(c2cccc3c2OC(C)(c2ccc(Cl)cc2F)O3)CC1. The molecule has 3 aromatic rings. The van der Waals surface area contributed by atoms with Crippen LogP contribution in [0.25, 0.3) is 0 Å². The number of Topliss-reactive ketones (excluding diaryl/α,β-unsaturated/α-hetero) is 1. The monoisotopic (exact) mass is 727 g/mol. The van der Waals surface area contributed by atoms with Crippen LogP contribution in [-0.4, -0.2) is 42.9 Å². The molecule has 1 saturated heterocycles. The standard InChI is InChI=1S/C34H38ClFN2O3.C10H17N/c1-21-18-25(32(39)24-6-4-7-24)10-13-30(21)37-22(2)20-38-16-14-23(15-17-38)27-8-5-9-31-33(27)41-34(3,40-31)28-12-11-26(35)19-29(28)36;1-2-3-4-7-10-8-5-6-9-11-10/h5,8-13,18-19,22-24,37H,4,6-7,14-17,20H2,1-3H3;5-6,8,11H,2-4,7,9H2,1H3. The molecule has 1 saturated carbocycles. The third-order valence-electron chi connectivity index (χ3n) is 10.9. The van der Waals surface area contributed by atoms with Crippen LogP contribution in [0.3, 0.4) is 0 Å². The van der Waals surface area contributed by atoms with Gasteiger partial charge in [0, 0.05) is 59.5 Å². The average molecular weight is 728 g/mol. The molecule has 3 aromatic carbocycles. The van der Waals surface area contributed by atoms with Gasteiger partial charge in [-0.2, -0.15) is 0 Å². The number of likely N-dealkylation sites (tertiary alicyclic amines) is 1. The number of rotatable bonds is 12. The van der Waals surface area contributed by atoms with Gasteiger partial charge in [-0.1, -0.05) is 62.1 Å². The predicted octanol–water partition coefficient (Wildman–Crippen LogP) is 10.7. The van der Waals surface area contributed by atoms with Crippen molar-refractivity contribution >= 4 is 23.1 Å².